The largest absolute Gasteiger partial charge is 0.492 e. The fourth-order valence-electron chi connectivity index (χ4n) is 3.87. The minimum atomic E-state index is -0.0566. The van der Waals surface area contributed by atoms with Crippen LogP contribution in [0.1, 0.15) is 22.9 Å². The first-order chi connectivity index (χ1) is 15.3. The average Bonchev–Trinajstić information content (AvgIpc) is 3.38. The molecule has 0 aliphatic carbocycles. The molecule has 8 heteroatoms. The molecule has 0 spiro atoms. The standard InChI is InChI=1S/C23H24N6O2/c30-22-19(13-17-14-25-21-18(17)7-4-8-24-21)26-23(28-22)27-20(16-5-2-1-3-6-16)15-29-9-11-31-12-10-29/h1-8,13-14,20,30H,9-12,15H2,(H2,26,27,28)/t20-/m1/s1. The lowest BCUT2D eigenvalue weighted by Crippen LogP contribution is -2.40. The second-order valence-corrected chi connectivity index (χ2v) is 7.58. The molecule has 158 valence electrons. The Hall–Kier alpha value is -3.49. The number of imidazole rings is 1. The monoisotopic (exact) mass is 416 g/mol. The number of morpholine rings is 1. The number of aromatic nitrogens is 3. The van der Waals surface area contributed by atoms with Crippen LogP contribution in [0.25, 0.3) is 11.6 Å². The van der Waals surface area contributed by atoms with E-state index >= 15 is 0 Å². The molecule has 0 bridgehead atoms. The van der Waals surface area contributed by atoms with Gasteiger partial charge in [0, 0.05) is 43.2 Å². The first kappa shape index (κ1) is 19.5. The Morgan fingerprint density at radius 1 is 1.16 bits per heavy atom. The Bertz CT molecular complexity index is 1100. The van der Waals surface area contributed by atoms with Crippen molar-refractivity contribution in [2.45, 2.75) is 6.04 Å². The molecule has 2 aromatic heterocycles. The highest BCUT2D eigenvalue weighted by atomic mass is 16.5. The van der Waals surface area contributed by atoms with Gasteiger partial charge >= 0.3 is 0 Å². The third-order valence-corrected chi connectivity index (χ3v) is 5.49. The Morgan fingerprint density at radius 2 is 2.00 bits per heavy atom. The molecule has 3 N–H and O–H groups in total. The average molecular weight is 416 g/mol. The summed E-state index contributed by atoms with van der Waals surface area (Å²) in [4.78, 5) is 18.5. The minimum absolute atomic E-state index is 0.0170. The number of pyridine rings is 1. The van der Waals surface area contributed by atoms with Gasteiger partial charge in [0.1, 0.15) is 5.69 Å². The Kier molecular flexibility index (Phi) is 5.47. The molecule has 2 aliphatic rings. The van der Waals surface area contributed by atoms with E-state index in [1.807, 2.05) is 36.4 Å². The number of rotatable bonds is 6. The highest BCUT2D eigenvalue weighted by molar-refractivity contribution is 6.20. The minimum Gasteiger partial charge on any atom is -0.492 e. The predicted molar refractivity (Wildman–Crippen MR) is 121 cm³/mol. The molecule has 0 unspecified atom stereocenters. The molecule has 1 saturated heterocycles. The molecule has 31 heavy (non-hydrogen) atoms. The van der Waals surface area contributed by atoms with E-state index in [4.69, 9.17) is 4.74 Å². The van der Waals surface area contributed by atoms with E-state index in [2.05, 4.69) is 42.3 Å². The van der Waals surface area contributed by atoms with Crippen LogP contribution in [-0.4, -0.2) is 64.0 Å². The lowest BCUT2D eigenvalue weighted by Gasteiger charge is -2.31. The Labute approximate surface area is 180 Å². The number of anilines is 1. The zero-order chi connectivity index (χ0) is 21.0. The number of hydrogen-bond donors (Lipinski definition) is 3. The summed E-state index contributed by atoms with van der Waals surface area (Å²) in [5.74, 6) is 1.15. The smallest absolute Gasteiger partial charge is 0.238 e. The third kappa shape index (κ3) is 4.35. The fraction of sp³-hybridized carbons (Fsp3) is 0.261. The molecular formula is C23H24N6O2. The van der Waals surface area contributed by atoms with Gasteiger partial charge in [-0.1, -0.05) is 30.3 Å². The van der Waals surface area contributed by atoms with Crippen LogP contribution in [0.2, 0.25) is 0 Å². The summed E-state index contributed by atoms with van der Waals surface area (Å²) in [6.07, 6.45) is 5.30. The van der Waals surface area contributed by atoms with Crippen molar-refractivity contribution in [1.29, 1.82) is 0 Å². The Balaban J connectivity index is 1.38. The summed E-state index contributed by atoms with van der Waals surface area (Å²) in [5, 5.41) is 13.9. The number of ether oxygens (including phenoxy) is 1. The topological polar surface area (TPSA) is 98.7 Å². The van der Waals surface area contributed by atoms with Gasteiger partial charge in [0.05, 0.1) is 19.3 Å². The number of nitrogens with zero attached hydrogens (tertiary/aromatic N) is 4. The zero-order valence-electron chi connectivity index (χ0n) is 17.0. The molecule has 0 radical (unpaired) electrons. The van der Waals surface area contributed by atoms with Crippen molar-refractivity contribution in [2.24, 2.45) is 4.99 Å². The highest BCUT2D eigenvalue weighted by Gasteiger charge is 2.20. The summed E-state index contributed by atoms with van der Waals surface area (Å²) in [5.41, 5.74) is 3.49. The van der Waals surface area contributed by atoms with Crippen LogP contribution in [0.15, 0.2) is 53.7 Å². The first-order valence-electron chi connectivity index (χ1n) is 10.4. The molecule has 2 aliphatic heterocycles. The van der Waals surface area contributed by atoms with Crippen LogP contribution in [0, 0.1) is 0 Å². The third-order valence-electron chi connectivity index (χ3n) is 5.49. The molecule has 3 aromatic rings. The van der Waals surface area contributed by atoms with Crippen LogP contribution < -0.4 is 5.32 Å². The maximum atomic E-state index is 10.4. The van der Waals surface area contributed by atoms with Crippen molar-refractivity contribution >= 4 is 29.6 Å². The maximum absolute atomic E-state index is 10.4. The van der Waals surface area contributed by atoms with Gasteiger partial charge in [-0.15, -0.1) is 0 Å². The predicted octanol–water partition coefficient (Wildman–Crippen LogP) is 3.25. The molecule has 8 nitrogen and oxygen atoms in total. The molecule has 1 atom stereocenters. The maximum Gasteiger partial charge on any atom is 0.238 e. The van der Waals surface area contributed by atoms with E-state index in [1.54, 1.807) is 12.4 Å². The van der Waals surface area contributed by atoms with E-state index < -0.39 is 0 Å². The molecule has 0 amide bonds. The molecule has 1 aromatic carbocycles. The second-order valence-electron chi connectivity index (χ2n) is 7.58. The number of aromatic amines is 1. The number of allylic oxidation sites excluding steroid dienone is 1. The van der Waals surface area contributed by atoms with Crippen LogP contribution in [0.4, 0.5) is 11.8 Å². The van der Waals surface area contributed by atoms with Gasteiger partial charge in [0.2, 0.25) is 11.8 Å². The number of hydrogen-bond acceptors (Lipinski definition) is 7. The van der Waals surface area contributed by atoms with Crippen LogP contribution in [0.3, 0.4) is 0 Å². The van der Waals surface area contributed by atoms with E-state index in [-0.39, 0.29) is 11.9 Å². The van der Waals surface area contributed by atoms with E-state index in [9.17, 15) is 5.11 Å². The number of H-pyrrole nitrogens is 1. The van der Waals surface area contributed by atoms with Crippen molar-refractivity contribution in [1.82, 2.24) is 19.9 Å². The number of benzene rings is 1. The van der Waals surface area contributed by atoms with Gasteiger partial charge in [-0.05, 0) is 23.8 Å². The van der Waals surface area contributed by atoms with Gasteiger partial charge in [-0.2, -0.15) is 4.98 Å². The quantitative estimate of drug-likeness (QED) is 0.571. The summed E-state index contributed by atoms with van der Waals surface area (Å²) in [6.45, 7) is 4.12. The number of aliphatic imine (C=N–C) groups is 1. The number of aromatic hydroxyl groups is 1. The van der Waals surface area contributed by atoms with Crippen LogP contribution >= 0.6 is 0 Å². The van der Waals surface area contributed by atoms with E-state index in [1.165, 1.54) is 0 Å². The van der Waals surface area contributed by atoms with Gasteiger partial charge < -0.3 is 20.1 Å². The lowest BCUT2D eigenvalue weighted by atomic mass is 10.1. The van der Waals surface area contributed by atoms with E-state index in [0.29, 0.717) is 17.5 Å². The van der Waals surface area contributed by atoms with Crippen molar-refractivity contribution in [3.05, 3.63) is 65.5 Å². The first-order valence-corrected chi connectivity index (χ1v) is 10.4. The van der Waals surface area contributed by atoms with Crippen LogP contribution in [0.5, 0.6) is 5.88 Å². The summed E-state index contributed by atoms with van der Waals surface area (Å²) < 4.78 is 5.48. The van der Waals surface area contributed by atoms with Crippen molar-refractivity contribution < 1.29 is 9.84 Å². The van der Waals surface area contributed by atoms with Gasteiger partial charge in [-0.3, -0.25) is 4.90 Å². The second kappa shape index (κ2) is 8.71. The van der Waals surface area contributed by atoms with Gasteiger partial charge in [-0.25, -0.2) is 9.98 Å². The molecule has 4 heterocycles. The zero-order valence-corrected chi connectivity index (χ0v) is 17.0. The van der Waals surface area contributed by atoms with Crippen molar-refractivity contribution in [3.63, 3.8) is 0 Å². The fourth-order valence-corrected chi connectivity index (χ4v) is 3.87. The Morgan fingerprint density at radius 3 is 2.84 bits per heavy atom. The van der Waals surface area contributed by atoms with Gasteiger partial charge in [0.25, 0.3) is 0 Å². The molecule has 1 fully saturated rings. The molecule has 5 rings (SSSR count). The van der Waals surface area contributed by atoms with Crippen molar-refractivity contribution in [2.75, 3.05) is 38.2 Å². The van der Waals surface area contributed by atoms with Crippen LogP contribution in [-0.2, 0) is 4.74 Å². The molecule has 0 saturated carbocycles. The van der Waals surface area contributed by atoms with Crippen molar-refractivity contribution in [3.8, 4) is 5.88 Å². The van der Waals surface area contributed by atoms with E-state index in [0.717, 1.165) is 49.5 Å². The number of nitrogens with one attached hydrogen (secondary N) is 2. The number of fused-ring (bicyclic) bond motifs is 1. The summed E-state index contributed by atoms with van der Waals surface area (Å²) in [6, 6.07) is 14.1. The summed E-state index contributed by atoms with van der Waals surface area (Å²) >= 11 is 0. The lowest BCUT2D eigenvalue weighted by molar-refractivity contribution is 0.0360. The highest BCUT2D eigenvalue weighted by Crippen LogP contribution is 2.32. The summed E-state index contributed by atoms with van der Waals surface area (Å²) in [7, 11) is 0. The SMILES string of the molecule is Oc1nc(N[C@H](CN2CCOCC2)c2ccccc2)[nH]c1C=C1C=Nc2ncccc21. The molecular weight excluding hydrogens is 392 g/mol. The van der Waals surface area contributed by atoms with Gasteiger partial charge in [0.15, 0.2) is 5.82 Å². The normalized spacial score (nSPS) is 18.3.